The highest BCUT2D eigenvalue weighted by Crippen LogP contribution is 2.19. The predicted octanol–water partition coefficient (Wildman–Crippen LogP) is 3.76. The van der Waals surface area contributed by atoms with Crippen LogP contribution in [0.2, 0.25) is 0 Å². The van der Waals surface area contributed by atoms with Crippen LogP contribution in [0.5, 0.6) is 11.5 Å². The van der Waals surface area contributed by atoms with Gasteiger partial charge in [-0.25, -0.2) is 0 Å². The van der Waals surface area contributed by atoms with Gasteiger partial charge in [0.2, 0.25) is 5.78 Å². The van der Waals surface area contributed by atoms with Crippen molar-refractivity contribution in [2.75, 3.05) is 20.3 Å². The van der Waals surface area contributed by atoms with Gasteiger partial charge in [-0.3, -0.25) is 9.59 Å². The summed E-state index contributed by atoms with van der Waals surface area (Å²) in [5.74, 6) is 0.821. The number of benzene rings is 2. The number of ketones is 1. The van der Waals surface area contributed by atoms with Gasteiger partial charge in [0, 0.05) is 29.1 Å². The molecule has 1 N–H and O–H groups in total. The number of fused-ring (bicyclic) bond motifs is 1. The van der Waals surface area contributed by atoms with Crippen LogP contribution in [0.25, 0.3) is 10.9 Å². The number of H-pyrrole nitrogens is 1. The molecule has 0 radical (unpaired) electrons. The van der Waals surface area contributed by atoms with Crippen LogP contribution in [-0.4, -0.2) is 37.1 Å². The van der Waals surface area contributed by atoms with E-state index in [0.29, 0.717) is 24.3 Å². The minimum Gasteiger partial charge on any atom is -0.497 e. The van der Waals surface area contributed by atoms with Crippen molar-refractivity contribution in [2.45, 2.75) is 12.8 Å². The molecular formula is C21H21NO5. The Kier molecular flexibility index (Phi) is 6.10. The summed E-state index contributed by atoms with van der Waals surface area (Å²) in [6, 6.07) is 14.7. The highest BCUT2D eigenvalue weighted by molar-refractivity contribution is 6.08. The van der Waals surface area contributed by atoms with Gasteiger partial charge >= 0.3 is 5.97 Å². The summed E-state index contributed by atoms with van der Waals surface area (Å²) in [5, 5.41) is 0.825. The number of esters is 1. The molecule has 0 aliphatic carbocycles. The molecule has 3 rings (SSSR count). The van der Waals surface area contributed by atoms with Crippen LogP contribution in [0.15, 0.2) is 54.7 Å². The zero-order valence-electron chi connectivity index (χ0n) is 15.1. The second kappa shape index (κ2) is 8.89. The second-order valence-electron chi connectivity index (χ2n) is 5.96. The van der Waals surface area contributed by atoms with E-state index in [1.807, 2.05) is 24.3 Å². The molecule has 0 saturated carbocycles. The normalized spacial score (nSPS) is 10.6. The predicted molar refractivity (Wildman–Crippen MR) is 101 cm³/mol. The number of aromatic nitrogens is 1. The van der Waals surface area contributed by atoms with Crippen LogP contribution in [0.4, 0.5) is 0 Å². The fourth-order valence-corrected chi connectivity index (χ4v) is 2.68. The lowest BCUT2D eigenvalue weighted by atomic mass is 10.1. The quantitative estimate of drug-likeness (QED) is 0.354. The molecule has 0 aliphatic heterocycles. The van der Waals surface area contributed by atoms with Crippen molar-refractivity contribution in [3.8, 4) is 11.5 Å². The van der Waals surface area contributed by atoms with Crippen molar-refractivity contribution >= 4 is 22.7 Å². The van der Waals surface area contributed by atoms with Crippen molar-refractivity contribution < 1.29 is 23.8 Å². The Bertz CT molecular complexity index is 914. The largest absolute Gasteiger partial charge is 0.497 e. The molecule has 140 valence electrons. The molecule has 27 heavy (non-hydrogen) atoms. The molecule has 2 aromatic carbocycles. The van der Waals surface area contributed by atoms with Gasteiger partial charge < -0.3 is 19.2 Å². The van der Waals surface area contributed by atoms with Gasteiger partial charge in [-0.05, 0) is 36.8 Å². The molecule has 0 bridgehead atoms. The van der Waals surface area contributed by atoms with Crippen LogP contribution in [0, 0.1) is 0 Å². The van der Waals surface area contributed by atoms with Crippen molar-refractivity contribution in [1.29, 1.82) is 0 Å². The first-order valence-electron chi connectivity index (χ1n) is 8.69. The summed E-state index contributed by atoms with van der Waals surface area (Å²) in [5.41, 5.74) is 1.41. The maximum atomic E-state index is 12.3. The molecule has 0 saturated heterocycles. The van der Waals surface area contributed by atoms with E-state index in [-0.39, 0.29) is 18.8 Å². The average Bonchev–Trinajstić information content (AvgIpc) is 3.14. The Hall–Kier alpha value is -3.28. The zero-order valence-corrected chi connectivity index (χ0v) is 15.1. The molecule has 6 heteroatoms. The van der Waals surface area contributed by atoms with Gasteiger partial charge in [0.1, 0.15) is 11.5 Å². The maximum absolute atomic E-state index is 12.3. The molecule has 1 aromatic heterocycles. The van der Waals surface area contributed by atoms with Crippen LogP contribution in [-0.2, 0) is 9.53 Å². The summed E-state index contributed by atoms with van der Waals surface area (Å²) in [4.78, 5) is 27.1. The summed E-state index contributed by atoms with van der Waals surface area (Å²) < 4.78 is 15.7. The Balaban J connectivity index is 1.38. The molecule has 0 fully saturated rings. The standard InChI is InChI=1S/C21H21NO5/c1-25-15-8-10-16(11-9-15)26-12-4-7-21(24)27-14-20(23)18-13-22-19-6-3-2-5-17(18)19/h2-3,5-6,8-11,13,22H,4,7,12,14H2,1H3. The number of carbonyl (C=O) groups is 2. The Morgan fingerprint density at radius 2 is 1.74 bits per heavy atom. The fraction of sp³-hybridized carbons (Fsp3) is 0.238. The molecule has 0 amide bonds. The van der Waals surface area contributed by atoms with Crippen molar-refractivity contribution in [2.24, 2.45) is 0 Å². The number of Topliss-reactive ketones (excluding diaryl/α,β-unsaturated/α-hetero) is 1. The van der Waals surface area contributed by atoms with Gasteiger partial charge in [-0.1, -0.05) is 18.2 Å². The first-order valence-corrected chi connectivity index (χ1v) is 8.69. The van der Waals surface area contributed by atoms with Crippen LogP contribution in [0.1, 0.15) is 23.2 Å². The third-order valence-corrected chi connectivity index (χ3v) is 4.11. The van der Waals surface area contributed by atoms with E-state index >= 15 is 0 Å². The first-order chi connectivity index (χ1) is 13.2. The Morgan fingerprint density at radius 3 is 2.52 bits per heavy atom. The first kappa shape index (κ1) is 18.5. The molecule has 0 unspecified atom stereocenters. The highest BCUT2D eigenvalue weighted by Gasteiger charge is 2.14. The van der Waals surface area contributed by atoms with Crippen molar-refractivity contribution in [3.05, 3.63) is 60.3 Å². The average molecular weight is 367 g/mol. The monoisotopic (exact) mass is 367 g/mol. The van der Waals surface area contributed by atoms with E-state index in [4.69, 9.17) is 14.2 Å². The molecule has 0 aliphatic rings. The van der Waals surface area contributed by atoms with Crippen molar-refractivity contribution in [1.82, 2.24) is 4.98 Å². The smallest absolute Gasteiger partial charge is 0.306 e. The van der Waals surface area contributed by atoms with Crippen LogP contribution in [0.3, 0.4) is 0 Å². The zero-order chi connectivity index (χ0) is 19.1. The van der Waals surface area contributed by atoms with E-state index in [2.05, 4.69) is 4.98 Å². The molecule has 0 atom stereocenters. The van der Waals surface area contributed by atoms with E-state index in [1.54, 1.807) is 37.6 Å². The third-order valence-electron chi connectivity index (χ3n) is 4.11. The lowest BCUT2D eigenvalue weighted by Crippen LogP contribution is -2.14. The SMILES string of the molecule is COc1ccc(OCCCC(=O)OCC(=O)c2c[nH]c3ccccc23)cc1. The number of nitrogens with one attached hydrogen (secondary N) is 1. The number of ether oxygens (including phenoxy) is 3. The fourth-order valence-electron chi connectivity index (χ4n) is 2.68. The Morgan fingerprint density at radius 1 is 1.00 bits per heavy atom. The molecule has 1 heterocycles. The van der Waals surface area contributed by atoms with Gasteiger partial charge in [0.05, 0.1) is 13.7 Å². The van der Waals surface area contributed by atoms with Gasteiger partial charge in [-0.15, -0.1) is 0 Å². The number of hydrogen-bond donors (Lipinski definition) is 1. The number of para-hydroxylation sites is 1. The van der Waals surface area contributed by atoms with Crippen LogP contribution < -0.4 is 9.47 Å². The van der Waals surface area contributed by atoms with E-state index in [0.717, 1.165) is 16.7 Å². The number of methoxy groups -OCH3 is 1. The summed E-state index contributed by atoms with van der Waals surface area (Å²) in [7, 11) is 1.60. The lowest BCUT2D eigenvalue weighted by molar-refractivity contribution is -0.142. The van der Waals surface area contributed by atoms with Gasteiger partial charge in [-0.2, -0.15) is 0 Å². The minimum absolute atomic E-state index is 0.192. The van der Waals surface area contributed by atoms with Crippen LogP contribution >= 0.6 is 0 Å². The Labute approximate surface area is 157 Å². The van der Waals surface area contributed by atoms with Crippen molar-refractivity contribution in [3.63, 3.8) is 0 Å². The number of aromatic amines is 1. The van der Waals surface area contributed by atoms with E-state index in [1.165, 1.54) is 0 Å². The molecule has 6 nitrogen and oxygen atoms in total. The second-order valence-corrected chi connectivity index (χ2v) is 5.96. The molecule has 3 aromatic rings. The van der Waals surface area contributed by atoms with Gasteiger partial charge in [0.25, 0.3) is 0 Å². The number of rotatable bonds is 9. The summed E-state index contributed by atoms with van der Waals surface area (Å²) >= 11 is 0. The van der Waals surface area contributed by atoms with E-state index < -0.39 is 5.97 Å². The summed E-state index contributed by atoms with van der Waals surface area (Å²) in [6.07, 6.45) is 2.34. The maximum Gasteiger partial charge on any atom is 0.306 e. The molecular weight excluding hydrogens is 346 g/mol. The lowest BCUT2D eigenvalue weighted by Gasteiger charge is -2.07. The highest BCUT2D eigenvalue weighted by atomic mass is 16.5. The third kappa shape index (κ3) is 4.88. The topological polar surface area (TPSA) is 77.6 Å². The summed E-state index contributed by atoms with van der Waals surface area (Å²) in [6.45, 7) is 0.123. The number of carbonyl (C=O) groups excluding carboxylic acids is 2. The van der Waals surface area contributed by atoms with E-state index in [9.17, 15) is 9.59 Å². The molecule has 0 spiro atoms. The van der Waals surface area contributed by atoms with Gasteiger partial charge in [0.15, 0.2) is 6.61 Å². The minimum atomic E-state index is -0.415. The number of hydrogen-bond acceptors (Lipinski definition) is 5.